The van der Waals surface area contributed by atoms with Gasteiger partial charge in [-0.25, -0.2) is 37.3 Å². The number of rotatable bonds is 17. The molecule has 4 aromatic rings. The first-order chi connectivity index (χ1) is 26.8. The van der Waals surface area contributed by atoms with Gasteiger partial charge in [-0.2, -0.15) is 0 Å². The van der Waals surface area contributed by atoms with Crippen molar-refractivity contribution in [2.24, 2.45) is 0 Å². The van der Waals surface area contributed by atoms with Crippen molar-refractivity contribution in [2.75, 3.05) is 40.6 Å². The molecule has 19 nitrogen and oxygen atoms in total. The van der Waals surface area contributed by atoms with Gasteiger partial charge in [0.25, 0.3) is 0 Å². The van der Waals surface area contributed by atoms with Crippen molar-refractivity contribution in [3.63, 3.8) is 0 Å². The van der Waals surface area contributed by atoms with Crippen LogP contribution in [-0.2, 0) is 42.8 Å². The van der Waals surface area contributed by atoms with E-state index in [1.165, 1.54) is 48.2 Å². The molecule has 0 amide bonds. The van der Waals surface area contributed by atoms with Gasteiger partial charge in [-0.3, -0.25) is 9.59 Å². The number of nitrogens with zero attached hydrogens (tertiary/aromatic N) is 8. The maximum atomic E-state index is 14.2. The number of aromatic nitrogens is 8. The molecule has 1 aliphatic heterocycles. The Balaban J connectivity index is 1.37. The van der Waals surface area contributed by atoms with Gasteiger partial charge in [-0.1, -0.05) is 17.4 Å². The van der Waals surface area contributed by atoms with Crippen LogP contribution in [0.2, 0.25) is 0 Å². The molecule has 1 aliphatic rings. The molecule has 3 aromatic heterocycles. The van der Waals surface area contributed by atoms with E-state index < -0.39 is 89.8 Å². The molecule has 1 saturated heterocycles. The van der Waals surface area contributed by atoms with Crippen molar-refractivity contribution in [2.45, 2.75) is 62.0 Å². The molecule has 56 heavy (non-hydrogen) atoms. The SMILES string of the molecule is COC(=O)COC1C(SC(C)COCC(O)n2cc(-c3cnc(OC)nc3)nn2)OC(COC(C)=O)C(OC(C)=O)C1n1cc(-c2cc(F)c(F)c(F)c2)nn1. The van der Waals surface area contributed by atoms with Crippen molar-refractivity contribution in [1.29, 1.82) is 0 Å². The Labute approximate surface area is 320 Å². The van der Waals surface area contributed by atoms with Gasteiger partial charge in [0.15, 0.2) is 29.8 Å². The lowest BCUT2D eigenvalue weighted by Crippen LogP contribution is -2.58. The number of hydrogen-bond acceptors (Lipinski definition) is 18. The third-order valence-electron chi connectivity index (χ3n) is 7.99. The number of thioether (sulfide) groups is 1. The zero-order valence-electron chi connectivity index (χ0n) is 30.5. The lowest BCUT2D eigenvalue weighted by molar-refractivity contribution is -0.214. The minimum absolute atomic E-state index is 0.0288. The second kappa shape index (κ2) is 19.1. The van der Waals surface area contributed by atoms with E-state index in [1.54, 1.807) is 6.92 Å². The van der Waals surface area contributed by atoms with Gasteiger partial charge in [0.2, 0.25) is 0 Å². The number of aliphatic hydroxyl groups is 1. The fourth-order valence-corrected chi connectivity index (χ4v) is 6.66. The van der Waals surface area contributed by atoms with E-state index in [9.17, 15) is 32.7 Å². The molecule has 0 spiro atoms. The minimum Gasteiger partial charge on any atom is -0.467 e. The second-order valence-corrected chi connectivity index (χ2v) is 13.6. The molecular weight excluding hydrogens is 773 g/mol. The molecule has 0 radical (unpaired) electrons. The summed E-state index contributed by atoms with van der Waals surface area (Å²) in [5, 5.41) is 26.4. The Kier molecular flexibility index (Phi) is 14.3. The number of carbonyl (C=O) groups excluding carboxylic acids is 3. The number of benzene rings is 1. The number of hydrogen-bond donors (Lipinski definition) is 1. The van der Waals surface area contributed by atoms with Crippen molar-refractivity contribution in [1.82, 2.24) is 40.0 Å². The van der Waals surface area contributed by atoms with Crippen LogP contribution in [0.1, 0.15) is 33.0 Å². The van der Waals surface area contributed by atoms with E-state index in [0.717, 1.165) is 37.9 Å². The zero-order chi connectivity index (χ0) is 40.5. The van der Waals surface area contributed by atoms with Gasteiger partial charge in [0.05, 0.1) is 39.8 Å². The lowest BCUT2D eigenvalue weighted by atomic mass is 9.96. The zero-order valence-corrected chi connectivity index (χ0v) is 31.3. The Hall–Kier alpha value is -5.23. The van der Waals surface area contributed by atoms with Gasteiger partial charge in [-0.15, -0.1) is 22.0 Å². The summed E-state index contributed by atoms with van der Waals surface area (Å²) in [6.07, 6.45) is 0.829. The third-order valence-corrected chi connectivity index (χ3v) is 9.24. The summed E-state index contributed by atoms with van der Waals surface area (Å²) in [6, 6.07) is 0.444. The summed E-state index contributed by atoms with van der Waals surface area (Å²) in [7, 11) is 2.58. The first kappa shape index (κ1) is 41.9. The average molecular weight is 811 g/mol. The van der Waals surface area contributed by atoms with E-state index >= 15 is 0 Å². The maximum Gasteiger partial charge on any atom is 0.331 e. The normalized spacial score (nSPS) is 20.6. The minimum atomic E-state index is -1.68. The van der Waals surface area contributed by atoms with Crippen LogP contribution in [0.25, 0.3) is 22.5 Å². The number of ether oxygens (including phenoxy) is 7. The van der Waals surface area contributed by atoms with E-state index in [1.807, 2.05) is 0 Å². The predicted octanol–water partition coefficient (Wildman–Crippen LogP) is 2.07. The highest BCUT2D eigenvalue weighted by Crippen LogP contribution is 2.40. The summed E-state index contributed by atoms with van der Waals surface area (Å²) >= 11 is 1.16. The number of esters is 3. The number of aliphatic hydroxyl groups excluding tert-OH is 1. The molecule has 1 N–H and O–H groups in total. The molecule has 0 aliphatic carbocycles. The molecule has 1 fully saturated rings. The van der Waals surface area contributed by atoms with Gasteiger partial charge < -0.3 is 38.3 Å². The van der Waals surface area contributed by atoms with Gasteiger partial charge in [0, 0.05) is 42.6 Å². The van der Waals surface area contributed by atoms with Crippen molar-refractivity contribution >= 4 is 29.7 Å². The highest BCUT2D eigenvalue weighted by atomic mass is 32.2. The molecular formula is C33H37F3N8O11S. The first-order valence-corrected chi connectivity index (χ1v) is 17.6. The first-order valence-electron chi connectivity index (χ1n) is 16.7. The fourth-order valence-electron chi connectivity index (χ4n) is 5.43. The second-order valence-electron chi connectivity index (χ2n) is 12.1. The number of carbonyl (C=O) groups is 3. The Morgan fingerprint density at radius 1 is 0.946 bits per heavy atom. The standard InChI is InChI=1S/C33H37F3N8O11S/c1-16(12-51-14-26(47)43-10-24(40-41-43)20-8-37-33(50-5)38-9-20)56-32-31(53-15-27(48)49-4)29(30(54-18(3)46)25(55-32)13-52-17(2)45)44-11-23(39-42-44)19-6-21(34)28(36)22(35)7-19/h6-11,16,25-26,29-32,47H,12-15H2,1-5H3. The Morgan fingerprint density at radius 2 is 1.62 bits per heavy atom. The monoisotopic (exact) mass is 810 g/mol. The quantitative estimate of drug-likeness (QED) is 0.0915. The van der Waals surface area contributed by atoms with Crippen LogP contribution in [-0.4, -0.2) is 133 Å². The average Bonchev–Trinajstić information content (AvgIpc) is 3.87. The topological polar surface area (TPSA) is 223 Å². The Bertz CT molecular complexity index is 1950. The molecule has 1 aromatic carbocycles. The van der Waals surface area contributed by atoms with Crippen LogP contribution < -0.4 is 4.74 Å². The molecule has 0 bridgehead atoms. The summed E-state index contributed by atoms with van der Waals surface area (Å²) < 4.78 is 83.2. The fraction of sp³-hybridized carbons (Fsp3) is 0.485. The molecule has 302 valence electrons. The summed E-state index contributed by atoms with van der Waals surface area (Å²) in [5.74, 6) is -6.81. The summed E-state index contributed by atoms with van der Waals surface area (Å²) in [5.41, 5.74) is -0.361. The van der Waals surface area contributed by atoms with Gasteiger partial charge >= 0.3 is 23.9 Å². The molecule has 0 saturated carbocycles. The molecule has 7 atom stereocenters. The third kappa shape index (κ3) is 10.5. The number of methoxy groups -OCH3 is 2. The molecule has 5 rings (SSSR count). The van der Waals surface area contributed by atoms with Crippen LogP contribution in [0.3, 0.4) is 0 Å². The number of halogens is 3. The van der Waals surface area contributed by atoms with Crippen LogP contribution in [0.5, 0.6) is 6.01 Å². The van der Waals surface area contributed by atoms with E-state index in [4.69, 9.17) is 33.2 Å². The van der Waals surface area contributed by atoms with Crippen LogP contribution in [0.4, 0.5) is 13.2 Å². The summed E-state index contributed by atoms with van der Waals surface area (Å²) in [6.45, 7) is 2.88. The molecule has 7 unspecified atom stereocenters. The Morgan fingerprint density at radius 3 is 2.27 bits per heavy atom. The van der Waals surface area contributed by atoms with Crippen LogP contribution in [0.15, 0.2) is 36.9 Å². The van der Waals surface area contributed by atoms with Crippen molar-refractivity contribution in [3.8, 4) is 28.5 Å². The van der Waals surface area contributed by atoms with E-state index in [-0.39, 0.29) is 30.5 Å². The highest BCUT2D eigenvalue weighted by molar-refractivity contribution is 8.00. The van der Waals surface area contributed by atoms with Crippen molar-refractivity contribution < 1.29 is 65.8 Å². The van der Waals surface area contributed by atoms with E-state index in [0.29, 0.717) is 11.3 Å². The molecule has 4 heterocycles. The maximum absolute atomic E-state index is 14.2. The van der Waals surface area contributed by atoms with Gasteiger partial charge in [0.1, 0.15) is 48.3 Å². The lowest BCUT2D eigenvalue weighted by Gasteiger charge is -2.45. The largest absolute Gasteiger partial charge is 0.467 e. The van der Waals surface area contributed by atoms with Crippen molar-refractivity contribution in [3.05, 3.63) is 54.4 Å². The van der Waals surface area contributed by atoms with E-state index in [2.05, 4.69) is 30.6 Å². The van der Waals surface area contributed by atoms with Gasteiger partial charge in [-0.05, 0) is 12.1 Å². The smallest absolute Gasteiger partial charge is 0.331 e. The predicted molar refractivity (Wildman–Crippen MR) is 184 cm³/mol. The highest BCUT2D eigenvalue weighted by Gasteiger charge is 2.51. The molecule has 23 heteroatoms. The van der Waals surface area contributed by atoms with Crippen LogP contribution in [0, 0.1) is 17.5 Å². The summed E-state index contributed by atoms with van der Waals surface area (Å²) in [4.78, 5) is 44.7. The van der Waals surface area contributed by atoms with Crippen LogP contribution >= 0.6 is 11.8 Å².